The van der Waals surface area contributed by atoms with E-state index in [1.54, 1.807) is 6.20 Å². The molecule has 0 radical (unpaired) electrons. The molecule has 1 aliphatic heterocycles. The molecule has 0 bridgehead atoms. The molecule has 154 valence electrons. The molecule has 4 rings (SSSR count). The van der Waals surface area contributed by atoms with E-state index in [1.165, 1.54) is 6.33 Å². The number of fused-ring (bicyclic) bond motifs is 1. The summed E-state index contributed by atoms with van der Waals surface area (Å²) in [7, 11) is 0. The molecule has 1 aliphatic rings. The van der Waals surface area contributed by atoms with Gasteiger partial charge in [0.25, 0.3) is 0 Å². The lowest BCUT2D eigenvalue weighted by atomic mass is 10.2. The van der Waals surface area contributed by atoms with Crippen LogP contribution < -0.4 is 15.5 Å². The van der Waals surface area contributed by atoms with Gasteiger partial charge in [-0.05, 0) is 19.4 Å². The highest BCUT2D eigenvalue weighted by molar-refractivity contribution is 5.90. The van der Waals surface area contributed by atoms with Crippen LogP contribution in [0.2, 0.25) is 0 Å². The zero-order chi connectivity index (χ0) is 20.1. The minimum atomic E-state index is 0.586. The van der Waals surface area contributed by atoms with Crippen LogP contribution in [0.25, 0.3) is 11.0 Å². The molecule has 0 aliphatic carbocycles. The summed E-state index contributed by atoms with van der Waals surface area (Å²) in [4.78, 5) is 20.3. The predicted octanol–water partition coefficient (Wildman–Crippen LogP) is 1.37. The normalized spacial score (nSPS) is 14.5. The largest absolute Gasteiger partial charge is 0.380 e. The maximum absolute atomic E-state index is 5.55. The fourth-order valence-corrected chi connectivity index (χ4v) is 3.41. The molecule has 3 aromatic heterocycles. The number of rotatable bonds is 8. The first-order valence-electron chi connectivity index (χ1n) is 10.1. The van der Waals surface area contributed by atoms with Gasteiger partial charge in [-0.2, -0.15) is 10.1 Å². The number of aromatic nitrogens is 6. The van der Waals surface area contributed by atoms with E-state index in [4.69, 9.17) is 19.8 Å². The van der Waals surface area contributed by atoms with Crippen molar-refractivity contribution in [3.63, 3.8) is 0 Å². The fourth-order valence-electron chi connectivity index (χ4n) is 3.41. The molecule has 0 unspecified atom stereocenters. The second-order valence-electron chi connectivity index (χ2n) is 6.75. The Morgan fingerprint density at radius 1 is 1.21 bits per heavy atom. The molecular weight excluding hydrogens is 370 g/mol. The van der Waals surface area contributed by atoms with Gasteiger partial charge in [-0.25, -0.2) is 15.0 Å². The summed E-state index contributed by atoms with van der Waals surface area (Å²) in [5, 5.41) is 11.5. The molecule has 0 saturated carbocycles. The Hall–Kier alpha value is -2.85. The van der Waals surface area contributed by atoms with Gasteiger partial charge in [0.1, 0.15) is 23.2 Å². The number of aryl methyl sites for hydroxylation is 1. The van der Waals surface area contributed by atoms with Gasteiger partial charge in [0.15, 0.2) is 5.82 Å². The Labute approximate surface area is 169 Å². The molecule has 10 heteroatoms. The molecular formula is C19H27N9O. The van der Waals surface area contributed by atoms with E-state index in [0.29, 0.717) is 31.4 Å². The third kappa shape index (κ3) is 4.28. The Kier molecular flexibility index (Phi) is 6.11. The monoisotopic (exact) mass is 397 g/mol. The third-order valence-corrected chi connectivity index (χ3v) is 4.86. The summed E-state index contributed by atoms with van der Waals surface area (Å²) in [5.74, 6) is 2.10. The van der Waals surface area contributed by atoms with E-state index in [-0.39, 0.29) is 0 Å². The van der Waals surface area contributed by atoms with E-state index in [0.717, 1.165) is 55.3 Å². The molecule has 1 saturated heterocycles. The Morgan fingerprint density at radius 2 is 2.07 bits per heavy atom. The lowest BCUT2D eigenvalue weighted by Crippen LogP contribution is -2.44. The van der Waals surface area contributed by atoms with Crippen molar-refractivity contribution < 1.29 is 4.74 Å². The molecule has 0 amide bonds. The van der Waals surface area contributed by atoms with Gasteiger partial charge >= 0.3 is 0 Å². The Bertz CT molecular complexity index is 938. The summed E-state index contributed by atoms with van der Waals surface area (Å²) in [6.45, 7) is 9.57. The first-order chi connectivity index (χ1) is 14.3. The van der Waals surface area contributed by atoms with Crippen molar-refractivity contribution in [2.75, 3.05) is 49.6 Å². The van der Waals surface area contributed by atoms with Crippen LogP contribution in [-0.4, -0.2) is 69.1 Å². The van der Waals surface area contributed by atoms with Crippen molar-refractivity contribution in [3.8, 4) is 0 Å². The summed E-state index contributed by atoms with van der Waals surface area (Å²) >= 11 is 0. The molecule has 2 N–H and O–H groups in total. The van der Waals surface area contributed by atoms with E-state index in [2.05, 4.69) is 32.4 Å². The zero-order valence-electron chi connectivity index (χ0n) is 16.9. The van der Waals surface area contributed by atoms with E-state index < -0.39 is 0 Å². The molecule has 10 nitrogen and oxygen atoms in total. The topological polar surface area (TPSA) is 106 Å². The van der Waals surface area contributed by atoms with Crippen LogP contribution in [0.4, 0.5) is 17.6 Å². The summed E-state index contributed by atoms with van der Waals surface area (Å²) in [6, 6.07) is 1.82. The van der Waals surface area contributed by atoms with Crippen LogP contribution in [0.15, 0.2) is 18.6 Å². The smallest absolute Gasteiger partial charge is 0.228 e. The highest BCUT2D eigenvalue weighted by atomic mass is 16.5. The van der Waals surface area contributed by atoms with Gasteiger partial charge in [0.05, 0.1) is 18.8 Å². The van der Waals surface area contributed by atoms with Crippen molar-refractivity contribution in [1.82, 2.24) is 35.0 Å². The van der Waals surface area contributed by atoms with Gasteiger partial charge in [0.2, 0.25) is 5.95 Å². The highest BCUT2D eigenvalue weighted by Gasteiger charge is 2.21. The lowest BCUT2D eigenvalue weighted by molar-refractivity contribution is 0.137. The standard InChI is InChI=1S/C19H27N9O/c1-3-14-16-17(28(26-14)11-12-29-4-2)18(23-15-5-6-21-13-22-15)25-19(24-16)27-9-7-20-8-10-27/h5-6,13,20H,3-4,7-12H2,1-2H3,(H,21,22,23,24,25). The van der Waals surface area contributed by atoms with Gasteiger partial charge in [-0.3, -0.25) is 4.68 Å². The van der Waals surface area contributed by atoms with Crippen molar-refractivity contribution >= 4 is 28.6 Å². The van der Waals surface area contributed by atoms with Gasteiger partial charge < -0.3 is 20.3 Å². The maximum atomic E-state index is 5.55. The Morgan fingerprint density at radius 3 is 2.79 bits per heavy atom. The average molecular weight is 397 g/mol. The summed E-state index contributed by atoms with van der Waals surface area (Å²) in [6.07, 6.45) is 4.01. The number of anilines is 3. The minimum absolute atomic E-state index is 0.586. The van der Waals surface area contributed by atoms with Gasteiger partial charge in [-0.1, -0.05) is 6.92 Å². The van der Waals surface area contributed by atoms with Crippen LogP contribution in [0.1, 0.15) is 19.5 Å². The van der Waals surface area contributed by atoms with Gasteiger partial charge in [-0.15, -0.1) is 0 Å². The third-order valence-electron chi connectivity index (χ3n) is 4.86. The van der Waals surface area contributed by atoms with Crippen LogP contribution in [0.3, 0.4) is 0 Å². The lowest BCUT2D eigenvalue weighted by Gasteiger charge is -2.27. The Balaban J connectivity index is 1.80. The molecule has 4 heterocycles. The van der Waals surface area contributed by atoms with Crippen molar-refractivity contribution in [3.05, 3.63) is 24.3 Å². The average Bonchev–Trinajstić information content (AvgIpc) is 3.13. The first-order valence-corrected chi connectivity index (χ1v) is 10.1. The fraction of sp³-hybridized carbons (Fsp3) is 0.526. The number of piperazine rings is 1. The summed E-state index contributed by atoms with van der Waals surface area (Å²) in [5.41, 5.74) is 2.71. The number of nitrogens with zero attached hydrogens (tertiary/aromatic N) is 7. The van der Waals surface area contributed by atoms with Crippen molar-refractivity contribution in [2.24, 2.45) is 0 Å². The quantitative estimate of drug-likeness (QED) is 0.545. The van der Waals surface area contributed by atoms with Crippen molar-refractivity contribution in [1.29, 1.82) is 0 Å². The maximum Gasteiger partial charge on any atom is 0.228 e. The van der Waals surface area contributed by atoms with E-state index in [9.17, 15) is 0 Å². The van der Waals surface area contributed by atoms with E-state index in [1.807, 2.05) is 17.7 Å². The molecule has 29 heavy (non-hydrogen) atoms. The number of hydrogen-bond acceptors (Lipinski definition) is 9. The van der Waals surface area contributed by atoms with E-state index >= 15 is 0 Å². The minimum Gasteiger partial charge on any atom is -0.380 e. The molecule has 3 aromatic rings. The zero-order valence-corrected chi connectivity index (χ0v) is 16.9. The van der Waals surface area contributed by atoms with Crippen LogP contribution in [0.5, 0.6) is 0 Å². The highest BCUT2D eigenvalue weighted by Crippen LogP contribution is 2.28. The number of nitrogens with one attached hydrogen (secondary N) is 2. The molecule has 0 atom stereocenters. The van der Waals surface area contributed by atoms with Crippen LogP contribution in [0, 0.1) is 0 Å². The number of hydrogen-bond donors (Lipinski definition) is 2. The van der Waals surface area contributed by atoms with Crippen molar-refractivity contribution in [2.45, 2.75) is 26.8 Å². The SMILES string of the molecule is CCOCCn1nc(CC)c2nc(N3CCNCC3)nc(Nc3ccncn3)c21. The van der Waals surface area contributed by atoms with Gasteiger partial charge in [0, 0.05) is 39.0 Å². The molecule has 1 fully saturated rings. The second kappa shape index (κ2) is 9.10. The van der Waals surface area contributed by atoms with Crippen LogP contribution in [-0.2, 0) is 17.7 Å². The number of ether oxygens (including phenoxy) is 1. The first kappa shape index (κ1) is 19.5. The van der Waals surface area contributed by atoms with Crippen LogP contribution >= 0.6 is 0 Å². The second-order valence-corrected chi connectivity index (χ2v) is 6.75. The molecule has 0 spiro atoms. The molecule has 0 aromatic carbocycles. The predicted molar refractivity (Wildman–Crippen MR) is 112 cm³/mol. The summed E-state index contributed by atoms with van der Waals surface area (Å²) < 4.78 is 7.49.